The Labute approximate surface area is 147 Å². The highest BCUT2D eigenvalue weighted by Gasteiger charge is 2.42. The van der Waals surface area contributed by atoms with Crippen LogP contribution in [0.1, 0.15) is 25.7 Å². The maximum Gasteiger partial charge on any atom is 0.153 e. The van der Waals surface area contributed by atoms with Crippen LogP contribution in [0.15, 0.2) is 18.6 Å². The normalized spacial score (nSPS) is 28.8. The monoisotopic (exact) mass is 359 g/mol. The number of H-pyrrole nitrogens is 1. The van der Waals surface area contributed by atoms with Crippen LogP contribution in [0.5, 0.6) is 0 Å². The van der Waals surface area contributed by atoms with E-state index < -0.39 is 9.84 Å². The molecule has 2 aliphatic rings. The second-order valence-electron chi connectivity index (χ2n) is 7.29. The highest BCUT2D eigenvalue weighted by atomic mass is 32.2. The smallest absolute Gasteiger partial charge is 0.153 e. The number of aromatic amines is 1. The molecule has 7 nitrogen and oxygen atoms in total. The molecule has 0 atom stereocenters. The van der Waals surface area contributed by atoms with E-state index >= 15 is 0 Å². The Morgan fingerprint density at radius 1 is 1.32 bits per heavy atom. The van der Waals surface area contributed by atoms with Gasteiger partial charge in [-0.05, 0) is 37.7 Å². The average Bonchev–Trinajstić information content (AvgIpc) is 2.97. The minimum atomic E-state index is -3.07. The van der Waals surface area contributed by atoms with Crippen molar-refractivity contribution >= 4 is 26.7 Å². The number of rotatable bonds is 5. The molecule has 0 aromatic carbocycles. The predicted octanol–water partition coefficient (Wildman–Crippen LogP) is 1.89. The van der Waals surface area contributed by atoms with Crippen molar-refractivity contribution in [3.63, 3.8) is 0 Å². The van der Waals surface area contributed by atoms with Crippen LogP contribution in [-0.4, -0.2) is 47.5 Å². The van der Waals surface area contributed by atoms with Gasteiger partial charge in [-0.15, -0.1) is 0 Å². The van der Waals surface area contributed by atoms with Gasteiger partial charge >= 0.3 is 0 Å². The van der Waals surface area contributed by atoms with Crippen molar-refractivity contribution in [2.75, 3.05) is 17.7 Å². The van der Waals surface area contributed by atoms with Crippen molar-refractivity contribution in [3.8, 4) is 6.07 Å². The molecule has 2 fully saturated rings. The van der Waals surface area contributed by atoms with Gasteiger partial charge in [0.2, 0.25) is 0 Å². The van der Waals surface area contributed by atoms with Gasteiger partial charge in [0.15, 0.2) is 9.84 Å². The molecule has 0 amide bonds. The Morgan fingerprint density at radius 3 is 2.80 bits per heavy atom. The SMILES string of the molecule is CN(c1ncnc2[nH]ccc12)[C@H]1C[C@@H](CS(=O)(=O)C2CC(C#N)C2)C1. The van der Waals surface area contributed by atoms with E-state index in [1.165, 1.54) is 0 Å². The summed E-state index contributed by atoms with van der Waals surface area (Å²) < 4.78 is 24.8. The molecule has 2 saturated carbocycles. The summed E-state index contributed by atoms with van der Waals surface area (Å²) >= 11 is 0. The maximum atomic E-state index is 12.4. The molecule has 0 unspecified atom stereocenters. The average molecular weight is 359 g/mol. The number of anilines is 1. The summed E-state index contributed by atoms with van der Waals surface area (Å²) in [6, 6.07) is 4.42. The molecular weight excluding hydrogens is 338 g/mol. The first kappa shape index (κ1) is 16.3. The Hall–Kier alpha value is -2.14. The second-order valence-corrected chi connectivity index (χ2v) is 9.61. The standard InChI is InChI=1S/C17H21N5O2S/c1-22(17-15-2-3-19-16(15)20-10-21-17)13-4-12(5-13)9-25(23,24)14-6-11(7-14)8-18/h2-3,10-14H,4-7,9H2,1H3,(H,19,20,21)/t11?,12-,13+,14?. The van der Waals surface area contributed by atoms with Crippen LogP contribution in [0.3, 0.4) is 0 Å². The molecule has 4 rings (SSSR count). The minimum absolute atomic E-state index is 0.0680. The summed E-state index contributed by atoms with van der Waals surface area (Å²) in [6.45, 7) is 0. The summed E-state index contributed by atoms with van der Waals surface area (Å²) in [5, 5.41) is 9.50. The largest absolute Gasteiger partial charge is 0.356 e. The van der Waals surface area contributed by atoms with Crippen molar-refractivity contribution in [1.82, 2.24) is 15.0 Å². The van der Waals surface area contributed by atoms with Gasteiger partial charge in [0.25, 0.3) is 0 Å². The van der Waals surface area contributed by atoms with E-state index in [0.29, 0.717) is 18.9 Å². The molecule has 2 aromatic heterocycles. The highest BCUT2D eigenvalue weighted by molar-refractivity contribution is 7.92. The lowest BCUT2D eigenvalue weighted by atomic mass is 9.80. The third-order valence-corrected chi connectivity index (χ3v) is 8.02. The zero-order chi connectivity index (χ0) is 17.6. The molecule has 0 spiro atoms. The Bertz CT molecular complexity index is 920. The molecule has 1 N–H and O–H groups in total. The summed E-state index contributed by atoms with van der Waals surface area (Å²) in [7, 11) is -1.06. The lowest BCUT2D eigenvalue weighted by Gasteiger charge is -2.42. The fourth-order valence-corrected chi connectivity index (χ4v) is 6.15. The zero-order valence-corrected chi connectivity index (χ0v) is 14.9. The maximum absolute atomic E-state index is 12.4. The molecule has 132 valence electrons. The van der Waals surface area contributed by atoms with Crippen molar-refractivity contribution < 1.29 is 8.42 Å². The predicted molar refractivity (Wildman–Crippen MR) is 94.7 cm³/mol. The molecular formula is C17H21N5O2S. The lowest BCUT2D eigenvalue weighted by Crippen LogP contribution is -2.47. The van der Waals surface area contributed by atoms with Crippen LogP contribution < -0.4 is 4.90 Å². The third kappa shape index (κ3) is 2.86. The van der Waals surface area contributed by atoms with Gasteiger partial charge in [-0.25, -0.2) is 18.4 Å². The minimum Gasteiger partial charge on any atom is -0.356 e. The van der Waals surface area contributed by atoms with Gasteiger partial charge in [-0.2, -0.15) is 5.26 Å². The molecule has 0 radical (unpaired) electrons. The van der Waals surface area contributed by atoms with E-state index in [1.54, 1.807) is 6.33 Å². The Balaban J connectivity index is 1.36. The van der Waals surface area contributed by atoms with E-state index in [9.17, 15) is 8.42 Å². The van der Waals surface area contributed by atoms with Gasteiger partial charge in [-0.3, -0.25) is 0 Å². The van der Waals surface area contributed by atoms with Crippen molar-refractivity contribution in [2.24, 2.45) is 11.8 Å². The third-order valence-electron chi connectivity index (χ3n) is 5.68. The zero-order valence-electron chi connectivity index (χ0n) is 14.1. The van der Waals surface area contributed by atoms with Crippen LogP contribution in [0.25, 0.3) is 11.0 Å². The number of nitriles is 1. The number of aromatic nitrogens is 3. The van der Waals surface area contributed by atoms with Crippen molar-refractivity contribution in [3.05, 3.63) is 18.6 Å². The number of fused-ring (bicyclic) bond motifs is 1. The second kappa shape index (κ2) is 5.99. The molecule has 8 heteroatoms. The van der Waals surface area contributed by atoms with Crippen molar-refractivity contribution in [2.45, 2.75) is 37.0 Å². The summed E-state index contributed by atoms with van der Waals surface area (Å²) in [5.74, 6) is 1.28. The van der Waals surface area contributed by atoms with E-state index in [0.717, 1.165) is 29.7 Å². The van der Waals surface area contributed by atoms with Gasteiger partial charge in [0, 0.05) is 25.2 Å². The first-order chi connectivity index (χ1) is 12.0. The topological polar surface area (TPSA) is 103 Å². The summed E-state index contributed by atoms with van der Waals surface area (Å²) in [6.07, 6.45) is 6.15. The fourth-order valence-electron chi connectivity index (χ4n) is 3.89. The quantitative estimate of drug-likeness (QED) is 0.874. The van der Waals surface area contributed by atoms with Crippen LogP contribution >= 0.6 is 0 Å². The summed E-state index contributed by atoms with van der Waals surface area (Å²) in [5.41, 5.74) is 0.812. The van der Waals surface area contributed by atoms with Gasteiger partial charge < -0.3 is 9.88 Å². The Morgan fingerprint density at radius 2 is 2.08 bits per heavy atom. The van der Waals surface area contributed by atoms with Gasteiger partial charge in [0.1, 0.15) is 17.8 Å². The lowest BCUT2D eigenvalue weighted by molar-refractivity contribution is 0.279. The van der Waals surface area contributed by atoms with Crippen LogP contribution in [0.2, 0.25) is 0 Å². The van der Waals surface area contributed by atoms with E-state index in [4.69, 9.17) is 5.26 Å². The number of hydrogen-bond acceptors (Lipinski definition) is 6. The number of sulfone groups is 1. The molecule has 25 heavy (non-hydrogen) atoms. The van der Waals surface area contributed by atoms with Gasteiger partial charge in [-0.1, -0.05) is 0 Å². The molecule has 2 aromatic rings. The first-order valence-corrected chi connectivity index (χ1v) is 10.3. The number of hydrogen-bond donors (Lipinski definition) is 1. The van der Waals surface area contributed by atoms with Crippen LogP contribution in [0.4, 0.5) is 5.82 Å². The Kier molecular flexibility index (Phi) is 3.91. The number of nitrogens with one attached hydrogen (secondary N) is 1. The molecule has 2 aliphatic carbocycles. The van der Waals surface area contributed by atoms with Gasteiger partial charge in [0.05, 0.1) is 22.5 Å². The number of nitrogens with zero attached hydrogens (tertiary/aromatic N) is 4. The van der Waals surface area contributed by atoms with Crippen LogP contribution in [0, 0.1) is 23.2 Å². The first-order valence-electron chi connectivity index (χ1n) is 8.60. The molecule has 0 bridgehead atoms. The fraction of sp³-hybridized carbons (Fsp3) is 0.588. The molecule has 2 heterocycles. The highest BCUT2D eigenvalue weighted by Crippen LogP contribution is 2.39. The van der Waals surface area contributed by atoms with E-state index in [-0.39, 0.29) is 22.8 Å². The molecule has 0 aliphatic heterocycles. The van der Waals surface area contributed by atoms with Crippen molar-refractivity contribution in [1.29, 1.82) is 5.26 Å². The molecule has 0 saturated heterocycles. The van der Waals surface area contributed by atoms with Crippen LogP contribution in [-0.2, 0) is 9.84 Å². The van der Waals surface area contributed by atoms with E-state index in [2.05, 4.69) is 25.9 Å². The van der Waals surface area contributed by atoms with E-state index in [1.807, 2.05) is 19.3 Å². The summed E-state index contributed by atoms with van der Waals surface area (Å²) in [4.78, 5) is 13.8.